The lowest BCUT2D eigenvalue weighted by molar-refractivity contribution is -0.117. The summed E-state index contributed by atoms with van der Waals surface area (Å²) in [6, 6.07) is 14.1. The number of carbonyl (C=O) groups excluding carboxylic acids is 2. The van der Waals surface area contributed by atoms with E-state index >= 15 is 0 Å². The van der Waals surface area contributed by atoms with Crippen molar-refractivity contribution in [2.75, 3.05) is 25.2 Å². The normalized spacial score (nSPS) is 16.5. The van der Waals surface area contributed by atoms with Gasteiger partial charge in [-0.2, -0.15) is 0 Å². The van der Waals surface area contributed by atoms with Crippen molar-refractivity contribution in [3.05, 3.63) is 54.1 Å². The van der Waals surface area contributed by atoms with Crippen LogP contribution in [0.4, 0.5) is 5.69 Å². The largest absolute Gasteiger partial charge is 0.497 e. The van der Waals surface area contributed by atoms with Gasteiger partial charge in [-0.25, -0.2) is 0 Å². The third-order valence-electron chi connectivity index (χ3n) is 4.25. The van der Waals surface area contributed by atoms with Gasteiger partial charge in [0.05, 0.1) is 19.8 Å². The van der Waals surface area contributed by atoms with Crippen molar-refractivity contribution in [1.29, 1.82) is 0 Å². The van der Waals surface area contributed by atoms with Crippen molar-refractivity contribution < 1.29 is 19.1 Å². The minimum Gasteiger partial charge on any atom is -0.497 e. The molecule has 1 fully saturated rings. The summed E-state index contributed by atoms with van der Waals surface area (Å²) >= 11 is 0. The highest BCUT2D eigenvalue weighted by Crippen LogP contribution is 2.25. The lowest BCUT2D eigenvalue weighted by Crippen LogP contribution is -2.37. The third kappa shape index (κ3) is 3.96. The molecule has 1 N–H and O–H groups in total. The molecule has 0 saturated carbocycles. The number of nitrogens with one attached hydrogen (secondary N) is 1. The van der Waals surface area contributed by atoms with Crippen LogP contribution in [-0.4, -0.2) is 38.1 Å². The van der Waals surface area contributed by atoms with Crippen LogP contribution in [0.1, 0.15) is 23.7 Å². The molecule has 2 aromatic carbocycles. The van der Waals surface area contributed by atoms with E-state index in [0.29, 0.717) is 24.5 Å². The second kappa shape index (κ2) is 7.91. The van der Waals surface area contributed by atoms with Gasteiger partial charge in [-0.1, -0.05) is 6.07 Å². The van der Waals surface area contributed by atoms with E-state index in [9.17, 15) is 9.59 Å². The molecule has 3 rings (SSSR count). The maximum atomic E-state index is 12.4. The molecule has 0 bridgehead atoms. The maximum absolute atomic E-state index is 12.4. The summed E-state index contributed by atoms with van der Waals surface area (Å²) in [4.78, 5) is 26.4. The molecule has 26 heavy (non-hydrogen) atoms. The van der Waals surface area contributed by atoms with Crippen LogP contribution in [-0.2, 0) is 4.79 Å². The Balaban J connectivity index is 1.64. The lowest BCUT2D eigenvalue weighted by Gasteiger charge is -2.18. The summed E-state index contributed by atoms with van der Waals surface area (Å²) in [5, 5.41) is 2.93. The van der Waals surface area contributed by atoms with Crippen LogP contribution in [0.25, 0.3) is 0 Å². The van der Waals surface area contributed by atoms with E-state index in [0.717, 1.165) is 11.4 Å². The van der Waals surface area contributed by atoms with Gasteiger partial charge in [-0.05, 0) is 43.3 Å². The Kier molecular flexibility index (Phi) is 5.41. The molecule has 6 nitrogen and oxygen atoms in total. The first-order valence-electron chi connectivity index (χ1n) is 8.59. The van der Waals surface area contributed by atoms with E-state index in [2.05, 4.69) is 5.32 Å². The predicted octanol–water partition coefficient (Wildman–Crippen LogP) is 2.63. The predicted molar refractivity (Wildman–Crippen MR) is 98.8 cm³/mol. The average Bonchev–Trinajstić information content (AvgIpc) is 3.02. The Morgan fingerprint density at radius 2 is 1.96 bits per heavy atom. The molecule has 0 aliphatic carbocycles. The number of hydrogen-bond donors (Lipinski definition) is 1. The first-order valence-corrected chi connectivity index (χ1v) is 8.59. The van der Waals surface area contributed by atoms with Crippen LogP contribution in [0, 0.1) is 0 Å². The molecule has 2 amide bonds. The van der Waals surface area contributed by atoms with Crippen LogP contribution >= 0.6 is 0 Å². The second-order valence-electron chi connectivity index (χ2n) is 6.04. The van der Waals surface area contributed by atoms with Gasteiger partial charge >= 0.3 is 0 Å². The molecule has 2 aromatic rings. The Morgan fingerprint density at radius 1 is 1.19 bits per heavy atom. The van der Waals surface area contributed by atoms with E-state index in [4.69, 9.17) is 9.47 Å². The molecule has 1 saturated heterocycles. The zero-order chi connectivity index (χ0) is 18.5. The fourth-order valence-corrected chi connectivity index (χ4v) is 2.97. The molecule has 0 aromatic heterocycles. The minimum absolute atomic E-state index is 0.0183. The van der Waals surface area contributed by atoms with Gasteiger partial charge in [0, 0.05) is 30.3 Å². The highest BCUT2D eigenvalue weighted by molar-refractivity contribution is 5.99. The number of nitrogens with zero attached hydrogens (tertiary/aromatic N) is 1. The van der Waals surface area contributed by atoms with Gasteiger partial charge < -0.3 is 19.7 Å². The van der Waals surface area contributed by atoms with Crippen molar-refractivity contribution in [1.82, 2.24) is 5.32 Å². The van der Waals surface area contributed by atoms with Crippen molar-refractivity contribution >= 4 is 17.5 Å². The Morgan fingerprint density at radius 3 is 2.65 bits per heavy atom. The van der Waals surface area contributed by atoms with Crippen molar-refractivity contribution in [3.63, 3.8) is 0 Å². The number of carbonyl (C=O) groups is 2. The van der Waals surface area contributed by atoms with Gasteiger partial charge in [-0.15, -0.1) is 0 Å². The van der Waals surface area contributed by atoms with Gasteiger partial charge in [-0.3, -0.25) is 9.59 Å². The number of hydrogen-bond acceptors (Lipinski definition) is 4. The first-order chi connectivity index (χ1) is 12.6. The van der Waals surface area contributed by atoms with Crippen LogP contribution in [0.2, 0.25) is 0 Å². The zero-order valence-electron chi connectivity index (χ0n) is 14.9. The average molecular weight is 354 g/mol. The molecule has 1 atom stereocenters. The molecule has 1 heterocycles. The van der Waals surface area contributed by atoms with Gasteiger partial charge in [0.15, 0.2) is 0 Å². The van der Waals surface area contributed by atoms with Crippen molar-refractivity contribution in [2.24, 2.45) is 0 Å². The molecule has 0 spiro atoms. The molecule has 0 radical (unpaired) electrons. The Labute approximate surface area is 152 Å². The first kappa shape index (κ1) is 17.8. The van der Waals surface area contributed by atoms with E-state index in [1.807, 2.05) is 31.2 Å². The topological polar surface area (TPSA) is 67.9 Å². The zero-order valence-corrected chi connectivity index (χ0v) is 14.9. The molecule has 1 aliphatic heterocycles. The molecule has 0 unspecified atom stereocenters. The number of anilines is 1. The number of ether oxygens (including phenoxy) is 2. The molecule has 136 valence electrons. The Bertz CT molecular complexity index is 789. The van der Waals surface area contributed by atoms with Crippen molar-refractivity contribution in [2.45, 2.75) is 19.4 Å². The minimum atomic E-state index is -0.229. The van der Waals surface area contributed by atoms with Crippen LogP contribution in [0.3, 0.4) is 0 Å². The standard InChI is InChI=1S/C20H22N2O4/c1-3-26-17-9-7-14(8-10-17)20(24)21-15-11-19(23)22(13-15)16-5-4-6-18(12-16)25-2/h4-10,12,15H,3,11,13H2,1-2H3,(H,21,24)/t15-/m0/s1. The third-order valence-corrected chi connectivity index (χ3v) is 4.25. The summed E-state index contributed by atoms with van der Waals surface area (Å²) < 4.78 is 10.6. The smallest absolute Gasteiger partial charge is 0.251 e. The molecule has 6 heteroatoms. The monoisotopic (exact) mass is 354 g/mol. The number of amides is 2. The van der Waals surface area contributed by atoms with Crippen LogP contribution in [0.15, 0.2) is 48.5 Å². The maximum Gasteiger partial charge on any atom is 0.251 e. The summed E-state index contributed by atoms with van der Waals surface area (Å²) in [5.41, 5.74) is 1.31. The lowest BCUT2D eigenvalue weighted by atomic mass is 10.2. The SMILES string of the molecule is CCOc1ccc(C(=O)N[C@H]2CC(=O)N(c3cccc(OC)c3)C2)cc1. The van der Waals surface area contributed by atoms with Gasteiger partial charge in [0.1, 0.15) is 11.5 Å². The summed E-state index contributed by atoms with van der Waals surface area (Å²) in [6.07, 6.45) is 0.278. The van der Waals surface area contributed by atoms with Crippen LogP contribution < -0.4 is 19.7 Å². The fraction of sp³-hybridized carbons (Fsp3) is 0.300. The van der Waals surface area contributed by atoms with Crippen LogP contribution in [0.5, 0.6) is 11.5 Å². The van der Waals surface area contributed by atoms with Gasteiger partial charge in [0.2, 0.25) is 5.91 Å². The summed E-state index contributed by atoms with van der Waals surface area (Å²) in [5.74, 6) is 1.20. The number of benzene rings is 2. The summed E-state index contributed by atoms with van der Waals surface area (Å²) in [6.45, 7) is 2.93. The van der Waals surface area contributed by atoms with E-state index < -0.39 is 0 Å². The quantitative estimate of drug-likeness (QED) is 0.866. The Hall–Kier alpha value is -3.02. The molecular weight excluding hydrogens is 332 g/mol. The highest BCUT2D eigenvalue weighted by Gasteiger charge is 2.31. The number of rotatable bonds is 6. The molecule has 1 aliphatic rings. The second-order valence-corrected chi connectivity index (χ2v) is 6.04. The van der Waals surface area contributed by atoms with E-state index in [-0.39, 0.29) is 24.3 Å². The molecular formula is C20H22N2O4. The van der Waals surface area contributed by atoms with Gasteiger partial charge in [0.25, 0.3) is 5.91 Å². The van der Waals surface area contributed by atoms with E-state index in [1.165, 1.54) is 0 Å². The summed E-state index contributed by atoms with van der Waals surface area (Å²) in [7, 11) is 1.59. The van der Waals surface area contributed by atoms with Crippen molar-refractivity contribution in [3.8, 4) is 11.5 Å². The fourth-order valence-electron chi connectivity index (χ4n) is 2.97. The highest BCUT2D eigenvalue weighted by atomic mass is 16.5. The number of methoxy groups -OCH3 is 1. The van der Waals surface area contributed by atoms with E-state index in [1.54, 1.807) is 36.3 Å².